The van der Waals surface area contributed by atoms with E-state index in [0.29, 0.717) is 0 Å². The van der Waals surface area contributed by atoms with E-state index < -0.39 is 5.41 Å². The highest BCUT2D eigenvalue weighted by Crippen LogP contribution is 2.59. The Hall–Kier alpha value is -7.58. The van der Waals surface area contributed by atoms with E-state index in [1.807, 2.05) is 11.3 Å². The summed E-state index contributed by atoms with van der Waals surface area (Å²) in [6, 6.07) is 84.2. The molecule has 0 saturated heterocycles. The van der Waals surface area contributed by atoms with E-state index in [9.17, 15) is 0 Å². The van der Waals surface area contributed by atoms with Crippen LogP contribution in [0.2, 0.25) is 0 Å². The van der Waals surface area contributed by atoms with E-state index in [1.54, 1.807) is 0 Å². The lowest BCUT2D eigenvalue weighted by Gasteiger charge is -2.34. The van der Waals surface area contributed by atoms with Gasteiger partial charge in [-0.15, -0.1) is 11.3 Å². The first-order chi connectivity index (χ1) is 32.0. The largest absolute Gasteiger partial charge is 0.135 e. The molecule has 0 fully saturated rings. The zero-order chi connectivity index (χ0) is 43.3. The maximum atomic E-state index is 2.50. The summed E-state index contributed by atoms with van der Waals surface area (Å²) in [6.45, 7) is 4.77. The van der Waals surface area contributed by atoms with Crippen molar-refractivity contribution in [2.45, 2.75) is 24.7 Å². The zero-order valence-corrected chi connectivity index (χ0v) is 37.2. The van der Waals surface area contributed by atoms with E-state index in [2.05, 4.69) is 244 Å². The van der Waals surface area contributed by atoms with Gasteiger partial charge in [-0.3, -0.25) is 0 Å². The summed E-state index contributed by atoms with van der Waals surface area (Å²) in [5, 5.41) is 5.17. The second-order valence-electron chi connectivity index (χ2n) is 18.3. The van der Waals surface area contributed by atoms with Gasteiger partial charge in [0, 0.05) is 31.2 Å². The smallest absolute Gasteiger partial charge is 0.0719 e. The minimum absolute atomic E-state index is 0.134. The van der Waals surface area contributed by atoms with Crippen LogP contribution in [0.1, 0.15) is 63.9 Å². The van der Waals surface area contributed by atoms with Crippen LogP contribution < -0.4 is 0 Å². The van der Waals surface area contributed by atoms with Crippen molar-refractivity contribution >= 4 is 53.9 Å². The quantitative estimate of drug-likeness (QED) is 0.146. The standard InChI is InChI=1S/C64H44S/c1-63(2)57-30-15-13-26-49(57)50-35-33-44(40-59(50)63)55(38-42-19-10-11-24-47(42)53-28-17-29-54-51-27-14-16-31-60(51)65-62(53)54)43-34-37-58-56(39-43)52-36-32-41-18-9-12-25-48(41)61(52)64(58,45-20-5-3-6-21-45)46-22-7-4-8-23-46/h3-40H,1-2H3/b55-38-. The molecular weight excluding hydrogens is 801 g/mol. The van der Waals surface area contributed by atoms with Gasteiger partial charge in [0.25, 0.3) is 0 Å². The van der Waals surface area contributed by atoms with Crippen molar-refractivity contribution in [2.24, 2.45) is 0 Å². The minimum Gasteiger partial charge on any atom is -0.135 e. The molecule has 0 aliphatic heterocycles. The summed E-state index contributed by atoms with van der Waals surface area (Å²) < 4.78 is 2.64. The molecule has 0 spiro atoms. The molecule has 0 saturated carbocycles. The summed E-state index contributed by atoms with van der Waals surface area (Å²) in [6.07, 6.45) is 2.47. The monoisotopic (exact) mass is 844 g/mol. The Bertz CT molecular complexity index is 3690. The van der Waals surface area contributed by atoms with Gasteiger partial charge >= 0.3 is 0 Å². The molecule has 0 atom stereocenters. The fourth-order valence-corrected chi connectivity index (χ4v) is 12.9. The van der Waals surface area contributed by atoms with Crippen molar-refractivity contribution in [3.63, 3.8) is 0 Å². The van der Waals surface area contributed by atoms with Crippen LogP contribution in [0, 0.1) is 0 Å². The van der Waals surface area contributed by atoms with Crippen molar-refractivity contribution in [2.75, 3.05) is 0 Å². The topological polar surface area (TPSA) is 0 Å². The summed E-state index contributed by atoms with van der Waals surface area (Å²) in [7, 11) is 0. The number of benzene rings is 10. The van der Waals surface area contributed by atoms with E-state index in [0.717, 1.165) is 0 Å². The lowest BCUT2D eigenvalue weighted by atomic mass is 9.66. The molecule has 2 aliphatic carbocycles. The predicted octanol–water partition coefficient (Wildman–Crippen LogP) is 17.1. The first kappa shape index (κ1) is 37.9. The highest BCUT2D eigenvalue weighted by Gasteiger charge is 2.47. The predicted molar refractivity (Wildman–Crippen MR) is 277 cm³/mol. The third-order valence-electron chi connectivity index (χ3n) is 14.6. The molecule has 1 heteroatoms. The van der Waals surface area contributed by atoms with Gasteiger partial charge in [0.1, 0.15) is 0 Å². The molecule has 306 valence electrons. The fraction of sp³-hybridized carbons (Fsp3) is 0.0625. The van der Waals surface area contributed by atoms with Crippen molar-refractivity contribution in [3.8, 4) is 33.4 Å². The van der Waals surface area contributed by atoms with E-state index in [1.165, 1.54) is 120 Å². The number of fused-ring (bicyclic) bond motifs is 11. The third kappa shape index (κ3) is 5.56. The minimum atomic E-state index is -0.518. The van der Waals surface area contributed by atoms with Crippen LogP contribution in [-0.4, -0.2) is 0 Å². The molecule has 11 aromatic rings. The first-order valence-electron chi connectivity index (χ1n) is 22.7. The Morgan fingerprint density at radius 2 is 1.00 bits per heavy atom. The highest BCUT2D eigenvalue weighted by atomic mass is 32.1. The first-order valence-corrected chi connectivity index (χ1v) is 23.6. The Morgan fingerprint density at radius 3 is 1.82 bits per heavy atom. The van der Waals surface area contributed by atoms with Crippen LogP contribution in [0.4, 0.5) is 0 Å². The maximum Gasteiger partial charge on any atom is 0.0719 e. The van der Waals surface area contributed by atoms with E-state index >= 15 is 0 Å². The van der Waals surface area contributed by atoms with Crippen molar-refractivity contribution in [1.82, 2.24) is 0 Å². The van der Waals surface area contributed by atoms with Crippen LogP contribution in [0.25, 0.3) is 76.0 Å². The number of thiophene rings is 1. The van der Waals surface area contributed by atoms with Gasteiger partial charge in [0.15, 0.2) is 0 Å². The van der Waals surface area contributed by atoms with Crippen LogP contribution in [0.5, 0.6) is 0 Å². The molecular formula is C64H44S. The van der Waals surface area contributed by atoms with Gasteiger partial charge in [-0.2, -0.15) is 0 Å². The Kier molecular flexibility index (Phi) is 8.45. The van der Waals surface area contributed by atoms with Crippen molar-refractivity contribution in [1.29, 1.82) is 0 Å². The summed E-state index contributed by atoms with van der Waals surface area (Å²) in [4.78, 5) is 0. The molecule has 10 aromatic carbocycles. The molecule has 1 aromatic heterocycles. The zero-order valence-electron chi connectivity index (χ0n) is 36.3. The van der Waals surface area contributed by atoms with Gasteiger partial charge in [-0.1, -0.05) is 220 Å². The summed E-state index contributed by atoms with van der Waals surface area (Å²) in [5.41, 5.74) is 19.9. The third-order valence-corrected chi connectivity index (χ3v) is 15.8. The summed E-state index contributed by atoms with van der Waals surface area (Å²) >= 11 is 1.89. The molecule has 0 unspecified atom stereocenters. The maximum absolute atomic E-state index is 2.50. The Balaban J connectivity index is 1.09. The second kappa shape index (κ2) is 14.5. The van der Waals surface area contributed by atoms with Crippen LogP contribution in [0.3, 0.4) is 0 Å². The van der Waals surface area contributed by atoms with E-state index in [4.69, 9.17) is 0 Å². The molecule has 0 bridgehead atoms. The van der Waals surface area contributed by atoms with Gasteiger partial charge in [-0.25, -0.2) is 0 Å². The van der Waals surface area contributed by atoms with Gasteiger partial charge in [-0.05, 0) is 119 Å². The molecule has 0 N–H and O–H groups in total. The molecule has 13 rings (SSSR count). The van der Waals surface area contributed by atoms with Crippen molar-refractivity contribution < 1.29 is 0 Å². The molecule has 0 nitrogen and oxygen atoms in total. The van der Waals surface area contributed by atoms with Gasteiger partial charge in [0.05, 0.1) is 5.41 Å². The average Bonchev–Trinajstić information content (AvgIpc) is 3.97. The lowest BCUT2D eigenvalue weighted by Crippen LogP contribution is -2.28. The Labute approximate surface area is 384 Å². The number of hydrogen-bond acceptors (Lipinski definition) is 1. The van der Waals surface area contributed by atoms with Gasteiger partial charge < -0.3 is 0 Å². The fourth-order valence-electron chi connectivity index (χ4n) is 11.6. The van der Waals surface area contributed by atoms with Crippen molar-refractivity contribution in [3.05, 3.63) is 275 Å². The molecule has 0 amide bonds. The normalized spacial score (nSPS) is 14.3. The van der Waals surface area contributed by atoms with E-state index in [-0.39, 0.29) is 5.41 Å². The molecule has 65 heavy (non-hydrogen) atoms. The Morgan fingerprint density at radius 1 is 0.400 bits per heavy atom. The van der Waals surface area contributed by atoms with Crippen LogP contribution in [0.15, 0.2) is 224 Å². The van der Waals surface area contributed by atoms with Crippen LogP contribution >= 0.6 is 11.3 Å². The van der Waals surface area contributed by atoms with Gasteiger partial charge in [0.2, 0.25) is 0 Å². The SMILES string of the molecule is CC1(C)c2ccccc2-c2ccc(/C(=C\c3ccccc3-c3cccc4c3sc3ccccc34)c3ccc4c(c3)-c3ccc5ccccc5c3C4(c3ccccc3)c3ccccc3)cc21. The number of rotatable bonds is 6. The number of hydrogen-bond donors (Lipinski definition) is 0. The molecule has 0 radical (unpaired) electrons. The highest BCUT2D eigenvalue weighted by molar-refractivity contribution is 7.26. The van der Waals surface area contributed by atoms with Crippen LogP contribution in [-0.2, 0) is 10.8 Å². The molecule has 2 aliphatic rings. The second-order valence-corrected chi connectivity index (χ2v) is 19.4. The lowest BCUT2D eigenvalue weighted by molar-refractivity contribution is 0.660. The average molecular weight is 845 g/mol. The summed E-state index contributed by atoms with van der Waals surface area (Å²) in [5.74, 6) is 0. The molecule has 1 heterocycles.